The Morgan fingerprint density at radius 2 is 1.50 bits per heavy atom. The summed E-state index contributed by atoms with van der Waals surface area (Å²) in [7, 11) is 0. The molecule has 2 aromatic rings. The first kappa shape index (κ1) is 13.4. The fourth-order valence-electron chi connectivity index (χ4n) is 1.73. The lowest BCUT2D eigenvalue weighted by Gasteiger charge is -2.10. The van der Waals surface area contributed by atoms with Gasteiger partial charge in [0.15, 0.2) is 0 Å². The monoisotopic (exact) mass is 280 g/mol. The Morgan fingerprint density at radius 3 is 2.06 bits per heavy atom. The zero-order chi connectivity index (χ0) is 13.1. The number of benzene rings is 2. The third-order valence-corrected chi connectivity index (χ3v) is 3.58. The van der Waals surface area contributed by atoms with Gasteiger partial charge in [0, 0.05) is 12.6 Å². The van der Waals surface area contributed by atoms with Crippen molar-refractivity contribution in [1.82, 2.24) is 0 Å². The van der Waals surface area contributed by atoms with Crippen molar-refractivity contribution in [3.63, 3.8) is 0 Å². The van der Waals surface area contributed by atoms with E-state index in [2.05, 4.69) is 0 Å². The molecule has 2 nitrogen and oxygen atoms in total. The van der Waals surface area contributed by atoms with E-state index in [1.807, 2.05) is 36.4 Å². The van der Waals surface area contributed by atoms with Crippen LogP contribution in [0, 0.1) is 0 Å². The summed E-state index contributed by atoms with van der Waals surface area (Å²) < 4.78 is 0. The molecule has 0 fully saturated rings. The topological polar surface area (TPSA) is 52.0 Å². The zero-order valence-electron chi connectivity index (χ0n) is 9.74. The van der Waals surface area contributed by atoms with E-state index in [0.29, 0.717) is 16.6 Å². The molecular weight excluding hydrogens is 267 g/mol. The summed E-state index contributed by atoms with van der Waals surface area (Å²) in [6.45, 7) is 0.437. The summed E-state index contributed by atoms with van der Waals surface area (Å²) in [6, 6.07) is 13.4. The first-order valence-electron chi connectivity index (χ1n) is 5.63. The lowest BCUT2D eigenvalue weighted by molar-refractivity contribution is 0.737. The van der Waals surface area contributed by atoms with Gasteiger partial charge in [-0.15, -0.1) is 0 Å². The van der Waals surface area contributed by atoms with E-state index in [1.54, 1.807) is 6.07 Å². The van der Waals surface area contributed by atoms with Crippen molar-refractivity contribution in [2.75, 3.05) is 6.54 Å². The van der Waals surface area contributed by atoms with Gasteiger partial charge in [0.05, 0.1) is 10.0 Å². The number of hydrogen-bond donors (Lipinski definition) is 2. The standard InChI is InChI=1S/C14H14Cl2N2/c15-12-6-5-11(7-13(12)16)9-1-3-10(4-2-9)14(18)8-17/h1-7,14H,8,17-18H2. The predicted octanol–water partition coefficient (Wildman–Crippen LogP) is 3.62. The number of hydrogen-bond acceptors (Lipinski definition) is 2. The van der Waals surface area contributed by atoms with Crippen molar-refractivity contribution in [2.45, 2.75) is 6.04 Å². The Hall–Kier alpha value is -1.06. The average molecular weight is 281 g/mol. The molecule has 0 radical (unpaired) electrons. The lowest BCUT2D eigenvalue weighted by atomic mass is 10.0. The van der Waals surface area contributed by atoms with Gasteiger partial charge in [-0.1, -0.05) is 53.5 Å². The fourth-order valence-corrected chi connectivity index (χ4v) is 2.03. The van der Waals surface area contributed by atoms with Crippen molar-refractivity contribution >= 4 is 23.2 Å². The summed E-state index contributed by atoms with van der Waals surface area (Å²) in [4.78, 5) is 0. The van der Waals surface area contributed by atoms with Crippen LogP contribution in [0.3, 0.4) is 0 Å². The highest BCUT2D eigenvalue weighted by molar-refractivity contribution is 6.42. The van der Waals surface area contributed by atoms with Crippen molar-refractivity contribution in [2.24, 2.45) is 11.5 Å². The molecule has 1 atom stereocenters. The third kappa shape index (κ3) is 2.85. The molecule has 18 heavy (non-hydrogen) atoms. The highest BCUT2D eigenvalue weighted by Gasteiger charge is 2.05. The number of nitrogens with two attached hydrogens (primary N) is 2. The van der Waals surface area contributed by atoms with Gasteiger partial charge < -0.3 is 11.5 Å². The average Bonchev–Trinajstić information content (AvgIpc) is 2.41. The van der Waals surface area contributed by atoms with Crippen molar-refractivity contribution < 1.29 is 0 Å². The van der Waals surface area contributed by atoms with E-state index >= 15 is 0 Å². The van der Waals surface area contributed by atoms with Gasteiger partial charge in [-0.3, -0.25) is 0 Å². The van der Waals surface area contributed by atoms with E-state index in [9.17, 15) is 0 Å². The van der Waals surface area contributed by atoms with Gasteiger partial charge >= 0.3 is 0 Å². The zero-order valence-corrected chi connectivity index (χ0v) is 11.2. The van der Waals surface area contributed by atoms with Gasteiger partial charge in [-0.05, 0) is 28.8 Å². The van der Waals surface area contributed by atoms with E-state index in [1.165, 1.54) is 0 Å². The Bertz CT molecular complexity index is 538. The second-order valence-corrected chi connectivity index (χ2v) is 4.91. The number of rotatable bonds is 3. The van der Waals surface area contributed by atoms with Crippen LogP contribution in [-0.4, -0.2) is 6.54 Å². The summed E-state index contributed by atoms with van der Waals surface area (Å²) in [6.07, 6.45) is 0. The molecule has 0 heterocycles. The first-order valence-corrected chi connectivity index (χ1v) is 6.38. The van der Waals surface area contributed by atoms with Crippen molar-refractivity contribution in [1.29, 1.82) is 0 Å². The maximum Gasteiger partial charge on any atom is 0.0598 e. The minimum absolute atomic E-state index is 0.118. The van der Waals surface area contributed by atoms with Crippen LogP contribution in [0.5, 0.6) is 0 Å². The van der Waals surface area contributed by atoms with Crippen LogP contribution in [0.4, 0.5) is 0 Å². The molecule has 2 aromatic carbocycles. The van der Waals surface area contributed by atoms with E-state index in [4.69, 9.17) is 34.7 Å². The van der Waals surface area contributed by atoms with Crippen LogP contribution in [0.1, 0.15) is 11.6 Å². The molecular formula is C14H14Cl2N2. The minimum Gasteiger partial charge on any atom is -0.329 e. The molecule has 0 amide bonds. The van der Waals surface area contributed by atoms with Gasteiger partial charge in [0.25, 0.3) is 0 Å². The van der Waals surface area contributed by atoms with Crippen LogP contribution in [0.2, 0.25) is 10.0 Å². The second-order valence-electron chi connectivity index (χ2n) is 4.09. The summed E-state index contributed by atoms with van der Waals surface area (Å²) in [5.41, 5.74) is 14.5. The lowest BCUT2D eigenvalue weighted by Crippen LogP contribution is -2.20. The third-order valence-electron chi connectivity index (χ3n) is 2.85. The molecule has 0 spiro atoms. The Kier molecular flexibility index (Phi) is 4.25. The maximum atomic E-state index is 6.00. The first-order chi connectivity index (χ1) is 8.61. The van der Waals surface area contributed by atoms with Crippen LogP contribution in [0.25, 0.3) is 11.1 Å². The van der Waals surface area contributed by atoms with Gasteiger partial charge in [0.1, 0.15) is 0 Å². The summed E-state index contributed by atoms with van der Waals surface area (Å²) in [5.74, 6) is 0. The summed E-state index contributed by atoms with van der Waals surface area (Å²) >= 11 is 11.9. The smallest absolute Gasteiger partial charge is 0.0598 e. The Labute approximate surface area is 117 Å². The van der Waals surface area contributed by atoms with Gasteiger partial charge in [-0.2, -0.15) is 0 Å². The minimum atomic E-state index is -0.118. The van der Waals surface area contributed by atoms with Crippen molar-refractivity contribution in [3.05, 3.63) is 58.1 Å². The quantitative estimate of drug-likeness (QED) is 0.902. The van der Waals surface area contributed by atoms with E-state index in [0.717, 1.165) is 16.7 Å². The molecule has 4 N–H and O–H groups in total. The van der Waals surface area contributed by atoms with Crippen molar-refractivity contribution in [3.8, 4) is 11.1 Å². The second kappa shape index (κ2) is 5.72. The molecule has 0 aromatic heterocycles. The molecule has 0 bridgehead atoms. The molecule has 4 heteroatoms. The Morgan fingerprint density at radius 1 is 0.889 bits per heavy atom. The molecule has 0 aliphatic rings. The fraction of sp³-hybridized carbons (Fsp3) is 0.143. The molecule has 0 saturated heterocycles. The maximum absolute atomic E-state index is 6.00. The van der Waals surface area contributed by atoms with Gasteiger partial charge in [0.2, 0.25) is 0 Å². The molecule has 0 saturated carbocycles. The van der Waals surface area contributed by atoms with Crippen LogP contribution in [0.15, 0.2) is 42.5 Å². The predicted molar refractivity (Wildman–Crippen MR) is 77.9 cm³/mol. The van der Waals surface area contributed by atoms with Crippen LogP contribution in [-0.2, 0) is 0 Å². The van der Waals surface area contributed by atoms with E-state index in [-0.39, 0.29) is 6.04 Å². The highest BCUT2D eigenvalue weighted by Crippen LogP contribution is 2.28. The largest absolute Gasteiger partial charge is 0.329 e. The molecule has 0 aliphatic heterocycles. The molecule has 0 aliphatic carbocycles. The Balaban J connectivity index is 2.31. The number of halogens is 2. The highest BCUT2D eigenvalue weighted by atomic mass is 35.5. The van der Waals surface area contributed by atoms with Crippen LogP contribution < -0.4 is 11.5 Å². The van der Waals surface area contributed by atoms with Gasteiger partial charge in [-0.25, -0.2) is 0 Å². The molecule has 94 valence electrons. The van der Waals surface area contributed by atoms with Crippen LogP contribution >= 0.6 is 23.2 Å². The molecule has 1 unspecified atom stereocenters. The normalized spacial score (nSPS) is 12.4. The van der Waals surface area contributed by atoms with E-state index < -0.39 is 0 Å². The molecule has 2 rings (SSSR count). The SMILES string of the molecule is NCC(N)c1ccc(-c2ccc(Cl)c(Cl)c2)cc1. The summed E-state index contributed by atoms with van der Waals surface area (Å²) in [5, 5.41) is 1.11.